The molecule has 2 aliphatic heterocycles. The zero-order valence-corrected chi connectivity index (χ0v) is 19.8. The van der Waals surface area contributed by atoms with Crippen LogP contribution in [0.1, 0.15) is 64.2 Å². The van der Waals surface area contributed by atoms with Crippen LogP contribution < -0.4 is 15.4 Å². The van der Waals surface area contributed by atoms with Crippen LogP contribution in [0.15, 0.2) is 18.2 Å². The summed E-state index contributed by atoms with van der Waals surface area (Å²) in [7, 11) is 1.79. The van der Waals surface area contributed by atoms with Gasteiger partial charge < -0.3 is 20.3 Å². The van der Waals surface area contributed by atoms with Gasteiger partial charge in [-0.2, -0.15) is 5.10 Å². The number of carbonyl (C=O) groups is 3. The number of aryl methyl sites for hydroxylation is 2. The van der Waals surface area contributed by atoms with E-state index in [1.807, 2.05) is 0 Å². The van der Waals surface area contributed by atoms with Gasteiger partial charge in [-0.1, -0.05) is 0 Å². The van der Waals surface area contributed by atoms with E-state index in [1.165, 1.54) is 12.1 Å². The smallest absolute Gasteiger partial charge is 0.272 e. The third-order valence-corrected chi connectivity index (χ3v) is 7.16. The summed E-state index contributed by atoms with van der Waals surface area (Å²) in [5.41, 5.74) is 2.63. The van der Waals surface area contributed by atoms with E-state index < -0.39 is 11.7 Å². The number of nitrogens with one attached hydrogen (secondary N) is 2. The number of aromatic nitrogens is 2. The maximum absolute atomic E-state index is 13.9. The van der Waals surface area contributed by atoms with Gasteiger partial charge in [0.15, 0.2) is 0 Å². The lowest BCUT2D eigenvalue weighted by Crippen LogP contribution is -2.48. The predicted octanol–water partition coefficient (Wildman–Crippen LogP) is 1.74. The van der Waals surface area contributed by atoms with Crippen LogP contribution in [0.3, 0.4) is 0 Å². The Morgan fingerprint density at radius 3 is 2.80 bits per heavy atom. The SMILES string of the molecule is Cn1nc2c(c1C(=O)N1[C@@H]3CC[C@H]1CC(=O)NCCOc1ccc(F)cc1C(=O)NC3)CCCC2. The van der Waals surface area contributed by atoms with Gasteiger partial charge in [0.05, 0.1) is 17.8 Å². The van der Waals surface area contributed by atoms with E-state index in [9.17, 15) is 18.8 Å². The van der Waals surface area contributed by atoms with Gasteiger partial charge in [0.2, 0.25) is 5.91 Å². The fourth-order valence-corrected chi connectivity index (χ4v) is 5.51. The molecule has 2 N–H and O–H groups in total. The molecule has 3 heterocycles. The lowest BCUT2D eigenvalue weighted by molar-refractivity contribution is -0.122. The molecule has 1 fully saturated rings. The zero-order chi connectivity index (χ0) is 24.5. The maximum atomic E-state index is 13.9. The van der Waals surface area contributed by atoms with Gasteiger partial charge in [0.1, 0.15) is 23.9 Å². The van der Waals surface area contributed by atoms with Crippen LogP contribution in [0.5, 0.6) is 5.75 Å². The van der Waals surface area contributed by atoms with Crippen molar-refractivity contribution in [3.63, 3.8) is 0 Å². The first-order chi connectivity index (χ1) is 16.9. The molecule has 5 rings (SSSR count). The number of amides is 3. The molecule has 0 saturated carbocycles. The van der Waals surface area contributed by atoms with E-state index in [-0.39, 0.29) is 61.3 Å². The molecule has 0 spiro atoms. The quantitative estimate of drug-likeness (QED) is 0.643. The highest BCUT2D eigenvalue weighted by molar-refractivity contribution is 5.97. The summed E-state index contributed by atoms with van der Waals surface area (Å²) in [4.78, 5) is 41.4. The molecule has 0 unspecified atom stereocenters. The van der Waals surface area contributed by atoms with Gasteiger partial charge in [0, 0.05) is 37.7 Å². The van der Waals surface area contributed by atoms with E-state index in [0.29, 0.717) is 18.5 Å². The van der Waals surface area contributed by atoms with Gasteiger partial charge in [0.25, 0.3) is 11.8 Å². The lowest BCUT2D eigenvalue weighted by atomic mass is 9.95. The molecule has 9 nitrogen and oxygen atoms in total. The van der Waals surface area contributed by atoms with Crippen LogP contribution in [0.25, 0.3) is 0 Å². The largest absolute Gasteiger partial charge is 0.491 e. The first-order valence-corrected chi connectivity index (χ1v) is 12.3. The highest BCUT2D eigenvalue weighted by Gasteiger charge is 2.41. The van der Waals surface area contributed by atoms with Crippen molar-refractivity contribution < 1.29 is 23.5 Å². The Kier molecular flexibility index (Phi) is 6.44. The molecule has 1 aromatic heterocycles. The first kappa shape index (κ1) is 23.3. The van der Waals surface area contributed by atoms with Gasteiger partial charge in [-0.05, 0) is 56.7 Å². The van der Waals surface area contributed by atoms with Crippen molar-refractivity contribution in [2.45, 2.75) is 57.0 Å². The molecule has 35 heavy (non-hydrogen) atoms. The Hall–Kier alpha value is -3.43. The molecule has 10 heteroatoms. The van der Waals surface area contributed by atoms with Gasteiger partial charge >= 0.3 is 0 Å². The molecule has 0 radical (unpaired) electrons. The monoisotopic (exact) mass is 483 g/mol. The van der Waals surface area contributed by atoms with Crippen molar-refractivity contribution in [1.29, 1.82) is 0 Å². The number of ether oxygens (including phenoxy) is 1. The summed E-state index contributed by atoms with van der Waals surface area (Å²) >= 11 is 0. The van der Waals surface area contributed by atoms with Crippen LogP contribution in [0.4, 0.5) is 4.39 Å². The van der Waals surface area contributed by atoms with Crippen LogP contribution in [-0.2, 0) is 24.7 Å². The average Bonchev–Trinajstić information content (AvgIpc) is 3.39. The third-order valence-electron chi connectivity index (χ3n) is 7.16. The average molecular weight is 484 g/mol. The lowest BCUT2D eigenvalue weighted by Gasteiger charge is -2.31. The highest BCUT2D eigenvalue weighted by Crippen LogP contribution is 2.32. The fraction of sp³-hybridized carbons (Fsp3) is 0.520. The number of rotatable bonds is 1. The summed E-state index contributed by atoms with van der Waals surface area (Å²) in [5.74, 6) is -1.08. The second kappa shape index (κ2) is 9.67. The molecular weight excluding hydrogens is 453 g/mol. The third kappa shape index (κ3) is 4.61. The normalized spacial score (nSPS) is 22.9. The highest BCUT2D eigenvalue weighted by atomic mass is 19.1. The zero-order valence-electron chi connectivity index (χ0n) is 19.8. The molecule has 3 amide bonds. The Labute approximate surface area is 203 Å². The number of hydrogen-bond acceptors (Lipinski definition) is 5. The minimum absolute atomic E-state index is 0.0847. The topological polar surface area (TPSA) is 106 Å². The number of carbonyl (C=O) groups excluding carboxylic acids is 3. The van der Waals surface area contributed by atoms with Gasteiger partial charge in [-0.25, -0.2) is 4.39 Å². The number of hydrogen-bond donors (Lipinski definition) is 2. The van der Waals surface area contributed by atoms with Crippen molar-refractivity contribution >= 4 is 17.7 Å². The molecule has 1 saturated heterocycles. The van der Waals surface area contributed by atoms with Gasteiger partial charge in [-0.3, -0.25) is 19.1 Å². The predicted molar refractivity (Wildman–Crippen MR) is 125 cm³/mol. The molecule has 186 valence electrons. The van der Waals surface area contributed by atoms with Crippen molar-refractivity contribution in [2.24, 2.45) is 7.05 Å². The summed E-state index contributed by atoms with van der Waals surface area (Å²) in [5, 5.41) is 10.3. The Morgan fingerprint density at radius 2 is 1.94 bits per heavy atom. The van der Waals surface area contributed by atoms with Crippen LogP contribution in [-0.4, -0.2) is 64.2 Å². The Morgan fingerprint density at radius 1 is 1.14 bits per heavy atom. The number of halogens is 1. The molecule has 2 bridgehead atoms. The summed E-state index contributed by atoms with van der Waals surface area (Å²) < 4.78 is 21.2. The standard InChI is InChI=1S/C25H30FN5O4/c1-30-23(18-4-2-3-5-20(18)29-30)25(34)31-16-7-8-17(31)14-28-24(33)19-12-15(26)6-9-21(19)35-11-10-27-22(32)13-16/h6,9,12,16-17H,2-5,7-8,10-11,13-14H2,1H3,(H,27,32)(H,28,33)/t16-,17+/m0/s1. The molecular formula is C25H30FN5O4. The molecule has 2 aromatic rings. The van der Waals surface area contributed by atoms with E-state index in [2.05, 4.69) is 15.7 Å². The summed E-state index contributed by atoms with van der Waals surface area (Å²) in [6.45, 7) is 0.560. The van der Waals surface area contributed by atoms with E-state index in [4.69, 9.17) is 4.74 Å². The van der Waals surface area contributed by atoms with E-state index >= 15 is 0 Å². The van der Waals surface area contributed by atoms with Crippen molar-refractivity contribution in [1.82, 2.24) is 25.3 Å². The molecule has 3 aliphatic rings. The molecule has 2 atom stereocenters. The van der Waals surface area contributed by atoms with Crippen molar-refractivity contribution in [2.75, 3.05) is 19.7 Å². The Balaban J connectivity index is 1.46. The van der Waals surface area contributed by atoms with E-state index in [0.717, 1.165) is 43.0 Å². The summed E-state index contributed by atoms with van der Waals surface area (Å²) in [6.07, 6.45) is 5.23. The molecule has 1 aromatic carbocycles. The number of benzene rings is 1. The maximum Gasteiger partial charge on any atom is 0.272 e. The van der Waals surface area contributed by atoms with Crippen LogP contribution >= 0.6 is 0 Å². The fourth-order valence-electron chi connectivity index (χ4n) is 5.51. The van der Waals surface area contributed by atoms with E-state index in [1.54, 1.807) is 16.6 Å². The van der Waals surface area contributed by atoms with Crippen molar-refractivity contribution in [3.05, 3.63) is 46.5 Å². The summed E-state index contributed by atoms with van der Waals surface area (Å²) in [6, 6.07) is 3.19. The first-order valence-electron chi connectivity index (χ1n) is 12.3. The number of fused-ring (bicyclic) bond motifs is 4. The second-order valence-corrected chi connectivity index (χ2v) is 9.46. The second-order valence-electron chi connectivity index (χ2n) is 9.46. The minimum atomic E-state index is -0.546. The number of nitrogens with zero attached hydrogens (tertiary/aromatic N) is 3. The van der Waals surface area contributed by atoms with Gasteiger partial charge in [-0.15, -0.1) is 0 Å². The van der Waals surface area contributed by atoms with Crippen molar-refractivity contribution in [3.8, 4) is 5.75 Å². The van der Waals surface area contributed by atoms with Crippen LogP contribution in [0.2, 0.25) is 0 Å². The minimum Gasteiger partial charge on any atom is -0.491 e. The Bertz CT molecular complexity index is 1160. The van der Waals surface area contributed by atoms with Crippen LogP contribution in [0, 0.1) is 5.82 Å². The molecule has 1 aliphatic carbocycles.